The minimum absolute atomic E-state index is 0.0965. The van der Waals surface area contributed by atoms with Crippen molar-refractivity contribution in [1.82, 2.24) is 9.97 Å². The number of carbonyl (C=O) groups is 1. The van der Waals surface area contributed by atoms with Crippen LogP contribution >= 0.6 is 0 Å². The Bertz CT molecular complexity index is 1110. The molecule has 0 unspecified atom stereocenters. The Labute approximate surface area is 189 Å². The van der Waals surface area contributed by atoms with Gasteiger partial charge >= 0.3 is 6.18 Å². The third-order valence-electron chi connectivity index (χ3n) is 5.04. The summed E-state index contributed by atoms with van der Waals surface area (Å²) in [7, 11) is 1.68. The van der Waals surface area contributed by atoms with Crippen molar-refractivity contribution in [3.63, 3.8) is 0 Å². The molecule has 1 heterocycles. The summed E-state index contributed by atoms with van der Waals surface area (Å²) in [4.78, 5) is 22.8. The fraction of sp³-hybridized carbons (Fsp3) is 0.261. The normalized spacial score (nSPS) is 11.2. The Morgan fingerprint density at radius 3 is 2.55 bits per heavy atom. The number of ether oxygens (including phenoxy) is 1. The van der Waals surface area contributed by atoms with Gasteiger partial charge in [-0.05, 0) is 48.4 Å². The second kappa shape index (κ2) is 10.2. The molecule has 0 atom stereocenters. The van der Waals surface area contributed by atoms with Crippen LogP contribution in [0.5, 0.6) is 11.6 Å². The highest BCUT2D eigenvalue weighted by atomic mass is 19.4. The Kier molecular flexibility index (Phi) is 7.37. The number of aromatic nitrogens is 2. The average Bonchev–Trinajstić information content (AvgIpc) is 2.79. The third-order valence-corrected chi connectivity index (χ3v) is 5.04. The smallest absolute Gasteiger partial charge is 0.416 e. The van der Waals surface area contributed by atoms with E-state index in [2.05, 4.69) is 9.97 Å². The van der Waals surface area contributed by atoms with Crippen molar-refractivity contribution in [2.24, 2.45) is 0 Å². The molecule has 2 N–H and O–H groups in total. The molecule has 174 valence electrons. The lowest BCUT2D eigenvalue weighted by Gasteiger charge is -2.25. The molecule has 3 aromatic rings. The number of aryl methyl sites for hydroxylation is 1. The SMILES string of the molecule is CCc1cc(N(C=O)CCN(C)c2cccc(C(F)(F)F)c2)ccc1Oc1ccnc(N)n1. The average molecular weight is 459 g/mol. The van der Waals surface area contributed by atoms with Gasteiger partial charge in [0.2, 0.25) is 18.2 Å². The standard InChI is InChI=1S/C23H24F3N5O2/c1-3-16-13-19(7-8-20(16)33-21-9-10-28-22(27)29-21)31(15-32)12-11-30(2)18-6-4-5-17(14-18)23(24,25)26/h4-10,13-15H,3,11-12H2,1-2H3,(H2,27,28,29). The Morgan fingerprint density at radius 1 is 1.09 bits per heavy atom. The summed E-state index contributed by atoms with van der Waals surface area (Å²) in [6.45, 7) is 2.56. The van der Waals surface area contributed by atoms with Crippen LogP contribution in [-0.2, 0) is 17.4 Å². The van der Waals surface area contributed by atoms with E-state index in [0.29, 0.717) is 42.4 Å². The van der Waals surface area contributed by atoms with Gasteiger partial charge in [0, 0.05) is 43.8 Å². The number of nitrogen functional groups attached to an aromatic ring is 1. The molecule has 3 rings (SSSR count). The summed E-state index contributed by atoms with van der Waals surface area (Å²) >= 11 is 0. The zero-order valence-electron chi connectivity index (χ0n) is 18.2. The first-order valence-electron chi connectivity index (χ1n) is 10.2. The largest absolute Gasteiger partial charge is 0.439 e. The predicted octanol–water partition coefficient (Wildman–Crippen LogP) is 4.53. The Morgan fingerprint density at radius 2 is 1.88 bits per heavy atom. The van der Waals surface area contributed by atoms with Crippen LogP contribution in [0.4, 0.5) is 30.5 Å². The topological polar surface area (TPSA) is 84.6 Å². The van der Waals surface area contributed by atoms with Gasteiger partial charge in [0.05, 0.1) is 5.56 Å². The van der Waals surface area contributed by atoms with Gasteiger partial charge < -0.3 is 20.3 Å². The van der Waals surface area contributed by atoms with E-state index in [1.54, 1.807) is 36.2 Å². The second-order valence-corrected chi connectivity index (χ2v) is 7.27. The summed E-state index contributed by atoms with van der Waals surface area (Å²) in [6.07, 6.45) is -1.59. The van der Waals surface area contributed by atoms with Crippen LogP contribution < -0.4 is 20.3 Å². The van der Waals surface area contributed by atoms with E-state index in [4.69, 9.17) is 10.5 Å². The minimum Gasteiger partial charge on any atom is -0.439 e. The monoisotopic (exact) mass is 459 g/mol. The molecule has 0 aliphatic heterocycles. The van der Waals surface area contributed by atoms with Gasteiger partial charge in [0.15, 0.2) is 0 Å². The van der Waals surface area contributed by atoms with Crippen molar-refractivity contribution in [1.29, 1.82) is 0 Å². The van der Waals surface area contributed by atoms with Crippen molar-refractivity contribution < 1.29 is 22.7 Å². The summed E-state index contributed by atoms with van der Waals surface area (Å²) in [5.74, 6) is 0.977. The molecule has 10 heteroatoms. The number of rotatable bonds is 9. The number of amides is 1. The number of nitrogens with zero attached hydrogens (tertiary/aromatic N) is 4. The summed E-state index contributed by atoms with van der Waals surface area (Å²) in [5, 5.41) is 0. The van der Waals surface area contributed by atoms with Gasteiger partial charge in [-0.2, -0.15) is 18.2 Å². The van der Waals surface area contributed by atoms with E-state index in [1.807, 2.05) is 13.0 Å². The highest BCUT2D eigenvalue weighted by Crippen LogP contribution is 2.32. The van der Waals surface area contributed by atoms with E-state index in [9.17, 15) is 18.0 Å². The number of halogens is 3. The first-order valence-corrected chi connectivity index (χ1v) is 10.2. The van der Waals surface area contributed by atoms with Crippen molar-refractivity contribution in [3.05, 3.63) is 65.9 Å². The van der Waals surface area contributed by atoms with Crippen LogP contribution in [0.2, 0.25) is 0 Å². The molecule has 7 nitrogen and oxygen atoms in total. The highest BCUT2D eigenvalue weighted by Gasteiger charge is 2.30. The van der Waals surface area contributed by atoms with Crippen molar-refractivity contribution >= 4 is 23.7 Å². The van der Waals surface area contributed by atoms with Gasteiger partial charge in [0.25, 0.3) is 0 Å². The van der Waals surface area contributed by atoms with Crippen LogP contribution in [0.1, 0.15) is 18.1 Å². The maximum atomic E-state index is 13.0. The van der Waals surface area contributed by atoms with E-state index in [1.165, 1.54) is 17.2 Å². The fourth-order valence-electron chi connectivity index (χ4n) is 3.20. The lowest BCUT2D eigenvalue weighted by molar-refractivity contribution is -0.137. The molecule has 0 bridgehead atoms. The zero-order valence-corrected chi connectivity index (χ0v) is 18.2. The molecule has 0 fully saturated rings. The quantitative estimate of drug-likeness (QED) is 0.473. The number of benzene rings is 2. The van der Waals surface area contributed by atoms with Crippen LogP contribution in [0.3, 0.4) is 0 Å². The predicted molar refractivity (Wildman–Crippen MR) is 120 cm³/mol. The Hall–Kier alpha value is -3.82. The molecule has 0 spiro atoms. The van der Waals surface area contributed by atoms with Crippen molar-refractivity contribution in [2.75, 3.05) is 35.7 Å². The number of anilines is 3. The first-order chi connectivity index (χ1) is 15.7. The maximum absolute atomic E-state index is 13.0. The molecule has 1 amide bonds. The number of alkyl halides is 3. The number of likely N-dealkylation sites (N-methyl/N-ethyl adjacent to an activating group) is 1. The molecular formula is C23H24F3N5O2. The first kappa shape index (κ1) is 23.8. The van der Waals surface area contributed by atoms with Gasteiger partial charge in [-0.1, -0.05) is 13.0 Å². The van der Waals surface area contributed by atoms with Crippen molar-refractivity contribution in [2.45, 2.75) is 19.5 Å². The molecule has 2 aromatic carbocycles. The lowest BCUT2D eigenvalue weighted by Crippen LogP contribution is -2.32. The highest BCUT2D eigenvalue weighted by molar-refractivity contribution is 5.76. The van der Waals surface area contributed by atoms with Gasteiger partial charge in [-0.15, -0.1) is 0 Å². The molecule has 33 heavy (non-hydrogen) atoms. The summed E-state index contributed by atoms with van der Waals surface area (Å²) in [6, 6.07) is 12.0. The second-order valence-electron chi connectivity index (χ2n) is 7.27. The van der Waals surface area contributed by atoms with E-state index < -0.39 is 11.7 Å². The van der Waals surface area contributed by atoms with Crippen LogP contribution in [-0.4, -0.2) is 36.5 Å². The van der Waals surface area contributed by atoms with Gasteiger partial charge in [-0.25, -0.2) is 4.98 Å². The van der Waals surface area contributed by atoms with Gasteiger partial charge in [-0.3, -0.25) is 4.79 Å². The summed E-state index contributed by atoms with van der Waals surface area (Å²) in [5.41, 5.74) is 6.78. The fourth-order valence-corrected chi connectivity index (χ4v) is 3.20. The van der Waals surface area contributed by atoms with Crippen LogP contribution in [0.15, 0.2) is 54.7 Å². The molecule has 0 saturated carbocycles. The number of hydrogen-bond donors (Lipinski definition) is 1. The molecule has 0 aliphatic rings. The molecule has 0 aliphatic carbocycles. The molecule has 1 aromatic heterocycles. The molecule has 0 saturated heterocycles. The zero-order chi connectivity index (χ0) is 24.0. The van der Waals surface area contributed by atoms with Crippen LogP contribution in [0.25, 0.3) is 0 Å². The third kappa shape index (κ3) is 6.12. The van der Waals surface area contributed by atoms with E-state index >= 15 is 0 Å². The lowest BCUT2D eigenvalue weighted by atomic mass is 10.1. The van der Waals surface area contributed by atoms with Gasteiger partial charge in [0.1, 0.15) is 5.75 Å². The van der Waals surface area contributed by atoms with Crippen LogP contribution in [0, 0.1) is 0 Å². The van der Waals surface area contributed by atoms with Crippen molar-refractivity contribution in [3.8, 4) is 11.6 Å². The van der Waals surface area contributed by atoms with E-state index in [-0.39, 0.29) is 12.5 Å². The molecular weight excluding hydrogens is 435 g/mol. The Balaban J connectivity index is 1.72. The minimum atomic E-state index is -4.41. The number of carbonyl (C=O) groups excluding carboxylic acids is 1. The number of nitrogens with two attached hydrogens (primary N) is 1. The van der Waals surface area contributed by atoms with E-state index in [0.717, 1.165) is 17.7 Å². The maximum Gasteiger partial charge on any atom is 0.416 e. The summed E-state index contributed by atoms with van der Waals surface area (Å²) < 4.78 is 44.8. The number of hydrogen-bond acceptors (Lipinski definition) is 6. The molecule has 0 radical (unpaired) electrons.